The first-order valence-electron chi connectivity index (χ1n) is 3.49. The molecule has 1 aliphatic heterocycles. The molecule has 2 nitrogen and oxygen atoms in total. The van der Waals surface area contributed by atoms with Gasteiger partial charge in [0.1, 0.15) is 0 Å². The van der Waals surface area contributed by atoms with Crippen molar-refractivity contribution in [2.45, 2.75) is 31.5 Å². The fourth-order valence-electron chi connectivity index (χ4n) is 1.21. The molecule has 0 spiro atoms. The van der Waals surface area contributed by atoms with Crippen molar-refractivity contribution < 1.29 is 9.84 Å². The van der Waals surface area contributed by atoms with Gasteiger partial charge in [-0.15, -0.1) is 6.42 Å². The molecule has 2 atom stereocenters. The van der Waals surface area contributed by atoms with Crippen LogP contribution in [0.5, 0.6) is 0 Å². The highest BCUT2D eigenvalue weighted by atomic mass is 16.5. The minimum absolute atomic E-state index is 0.0617. The van der Waals surface area contributed by atoms with E-state index >= 15 is 0 Å². The monoisotopic (exact) mass is 140 g/mol. The Kier molecular flexibility index (Phi) is 1.98. The largest absolute Gasteiger partial charge is 0.392 e. The normalized spacial score (nSPS) is 39.5. The molecule has 0 radical (unpaired) electrons. The Labute approximate surface area is 61.2 Å². The van der Waals surface area contributed by atoms with Crippen molar-refractivity contribution in [3.8, 4) is 12.3 Å². The van der Waals surface area contributed by atoms with Crippen LogP contribution in [-0.4, -0.2) is 23.4 Å². The minimum Gasteiger partial charge on any atom is -0.392 e. The van der Waals surface area contributed by atoms with Crippen molar-refractivity contribution in [3.05, 3.63) is 0 Å². The van der Waals surface area contributed by atoms with E-state index in [1.54, 1.807) is 0 Å². The summed E-state index contributed by atoms with van der Waals surface area (Å²) >= 11 is 0. The van der Waals surface area contributed by atoms with Crippen molar-refractivity contribution in [3.63, 3.8) is 0 Å². The smallest absolute Gasteiger partial charge is 0.151 e. The zero-order chi connectivity index (χ0) is 7.61. The first-order valence-corrected chi connectivity index (χ1v) is 3.49. The average Bonchev–Trinajstić information content (AvgIpc) is 2.33. The lowest BCUT2D eigenvalue weighted by molar-refractivity contribution is -0.0274. The highest BCUT2D eigenvalue weighted by molar-refractivity contribution is 5.11. The second-order valence-electron chi connectivity index (χ2n) is 2.76. The maximum Gasteiger partial charge on any atom is 0.151 e. The third-order valence-electron chi connectivity index (χ3n) is 1.90. The van der Waals surface area contributed by atoms with Crippen LogP contribution in [0.15, 0.2) is 0 Å². The third kappa shape index (κ3) is 1.16. The van der Waals surface area contributed by atoms with Crippen LogP contribution in [-0.2, 0) is 4.74 Å². The number of aliphatic hydroxyl groups is 1. The predicted molar refractivity (Wildman–Crippen MR) is 38.4 cm³/mol. The Bertz CT molecular complexity index is 159. The Balaban J connectivity index is 2.62. The summed E-state index contributed by atoms with van der Waals surface area (Å²) in [6, 6.07) is 0. The first kappa shape index (κ1) is 7.59. The molecule has 1 N–H and O–H groups in total. The number of aliphatic hydroxyl groups excluding tert-OH is 1. The lowest BCUT2D eigenvalue weighted by Gasteiger charge is -2.19. The Morgan fingerprint density at radius 1 is 1.90 bits per heavy atom. The van der Waals surface area contributed by atoms with E-state index in [0.717, 1.165) is 12.8 Å². The van der Waals surface area contributed by atoms with E-state index in [4.69, 9.17) is 16.3 Å². The molecule has 1 unspecified atom stereocenters. The summed E-state index contributed by atoms with van der Waals surface area (Å²) in [4.78, 5) is 0. The van der Waals surface area contributed by atoms with E-state index in [1.165, 1.54) is 0 Å². The molecule has 0 bridgehead atoms. The fraction of sp³-hybridized carbons (Fsp3) is 0.750. The quantitative estimate of drug-likeness (QED) is 0.539. The van der Waals surface area contributed by atoms with Crippen LogP contribution >= 0.6 is 0 Å². The number of hydrogen-bond acceptors (Lipinski definition) is 2. The molecule has 1 aliphatic rings. The van der Waals surface area contributed by atoms with Gasteiger partial charge in [0.25, 0.3) is 0 Å². The van der Waals surface area contributed by atoms with Crippen LogP contribution in [0.3, 0.4) is 0 Å². The van der Waals surface area contributed by atoms with Crippen LogP contribution in [0.2, 0.25) is 0 Å². The van der Waals surface area contributed by atoms with Gasteiger partial charge < -0.3 is 9.84 Å². The first-order chi connectivity index (χ1) is 4.72. The molecule has 0 aromatic rings. The molecule has 2 heteroatoms. The number of rotatable bonds is 1. The molecule has 0 amide bonds. The molecule has 0 aliphatic carbocycles. The van der Waals surface area contributed by atoms with Gasteiger partial charge in [-0.05, 0) is 19.8 Å². The molecule has 0 aromatic heterocycles. The Morgan fingerprint density at radius 2 is 2.60 bits per heavy atom. The van der Waals surface area contributed by atoms with Gasteiger partial charge in [0.2, 0.25) is 0 Å². The fourth-order valence-corrected chi connectivity index (χ4v) is 1.21. The van der Waals surface area contributed by atoms with Crippen LogP contribution in [0, 0.1) is 12.3 Å². The summed E-state index contributed by atoms with van der Waals surface area (Å²) in [6.45, 7) is 1.91. The van der Waals surface area contributed by atoms with Crippen molar-refractivity contribution in [1.29, 1.82) is 0 Å². The lowest BCUT2D eigenvalue weighted by Crippen LogP contribution is -2.31. The number of terminal acetylenes is 1. The van der Waals surface area contributed by atoms with Gasteiger partial charge >= 0.3 is 0 Å². The molecule has 10 heavy (non-hydrogen) atoms. The van der Waals surface area contributed by atoms with Crippen molar-refractivity contribution in [2.75, 3.05) is 6.61 Å². The topological polar surface area (TPSA) is 29.5 Å². The van der Waals surface area contributed by atoms with Crippen molar-refractivity contribution >= 4 is 0 Å². The van der Waals surface area contributed by atoms with Crippen molar-refractivity contribution in [2.24, 2.45) is 0 Å². The maximum absolute atomic E-state index is 8.87. The minimum atomic E-state index is -0.667. The van der Waals surface area contributed by atoms with E-state index < -0.39 is 5.60 Å². The highest BCUT2D eigenvalue weighted by Gasteiger charge is 2.35. The molecule has 1 heterocycles. The standard InChI is InChI=1S/C8H12O2/c1-3-8(6-9)5-4-7(2)10-8/h1,7,9H,4-6H2,2H3/t7?,8-/m0/s1. The summed E-state index contributed by atoms with van der Waals surface area (Å²) < 4.78 is 5.36. The summed E-state index contributed by atoms with van der Waals surface area (Å²) in [6.07, 6.45) is 7.13. The molecule has 1 fully saturated rings. The molecule has 1 rings (SSSR count). The van der Waals surface area contributed by atoms with Crippen LogP contribution in [0.1, 0.15) is 19.8 Å². The summed E-state index contributed by atoms with van der Waals surface area (Å²) in [5.74, 6) is 2.49. The van der Waals surface area contributed by atoms with E-state index in [9.17, 15) is 0 Å². The molecular weight excluding hydrogens is 128 g/mol. The summed E-state index contributed by atoms with van der Waals surface area (Å²) in [7, 11) is 0. The van der Waals surface area contributed by atoms with Gasteiger partial charge in [0.05, 0.1) is 12.7 Å². The molecule has 1 saturated heterocycles. The summed E-state index contributed by atoms with van der Waals surface area (Å²) in [5, 5.41) is 8.87. The SMILES string of the molecule is C#C[C@@]1(CO)CCC(C)O1. The van der Waals surface area contributed by atoms with Crippen LogP contribution < -0.4 is 0 Å². The summed E-state index contributed by atoms with van der Waals surface area (Å²) in [5.41, 5.74) is -0.667. The second-order valence-corrected chi connectivity index (χ2v) is 2.76. The molecule has 56 valence electrons. The molecule has 0 saturated carbocycles. The molecule has 0 aromatic carbocycles. The van der Waals surface area contributed by atoms with Crippen LogP contribution in [0.4, 0.5) is 0 Å². The third-order valence-corrected chi connectivity index (χ3v) is 1.90. The zero-order valence-electron chi connectivity index (χ0n) is 6.13. The van der Waals surface area contributed by atoms with Gasteiger partial charge in [-0.3, -0.25) is 0 Å². The Hall–Kier alpha value is -0.520. The number of ether oxygens (including phenoxy) is 1. The zero-order valence-corrected chi connectivity index (χ0v) is 6.13. The van der Waals surface area contributed by atoms with Gasteiger partial charge in [0, 0.05) is 0 Å². The van der Waals surface area contributed by atoms with E-state index in [-0.39, 0.29) is 12.7 Å². The van der Waals surface area contributed by atoms with E-state index in [1.807, 2.05) is 6.92 Å². The van der Waals surface area contributed by atoms with E-state index in [0.29, 0.717) is 0 Å². The molecular formula is C8H12O2. The maximum atomic E-state index is 8.87. The average molecular weight is 140 g/mol. The predicted octanol–water partition coefficient (Wildman–Crippen LogP) is 0.550. The Morgan fingerprint density at radius 3 is 2.80 bits per heavy atom. The van der Waals surface area contributed by atoms with Gasteiger partial charge in [-0.1, -0.05) is 5.92 Å². The second kappa shape index (κ2) is 2.61. The van der Waals surface area contributed by atoms with E-state index in [2.05, 4.69) is 5.92 Å². The van der Waals surface area contributed by atoms with Crippen LogP contribution in [0.25, 0.3) is 0 Å². The van der Waals surface area contributed by atoms with Gasteiger partial charge in [-0.25, -0.2) is 0 Å². The van der Waals surface area contributed by atoms with Gasteiger partial charge in [0.15, 0.2) is 5.60 Å². The lowest BCUT2D eigenvalue weighted by atomic mass is 10.0. The van der Waals surface area contributed by atoms with Gasteiger partial charge in [-0.2, -0.15) is 0 Å². The van der Waals surface area contributed by atoms with Crippen molar-refractivity contribution in [1.82, 2.24) is 0 Å². The number of hydrogen-bond donors (Lipinski definition) is 1. The highest BCUT2D eigenvalue weighted by Crippen LogP contribution is 2.28.